The van der Waals surface area contributed by atoms with Gasteiger partial charge in [-0.1, -0.05) is 30.7 Å². The third-order valence-corrected chi connectivity index (χ3v) is 3.40. The van der Waals surface area contributed by atoms with Crippen LogP contribution in [0.25, 0.3) is 0 Å². The Labute approximate surface area is 120 Å². The Morgan fingerprint density at radius 2 is 1.95 bits per heavy atom. The van der Waals surface area contributed by atoms with E-state index < -0.39 is 0 Å². The fourth-order valence-corrected chi connectivity index (χ4v) is 1.99. The van der Waals surface area contributed by atoms with Gasteiger partial charge in [0, 0.05) is 17.5 Å². The normalized spacial score (nSPS) is 15.1. The molecule has 0 aliphatic heterocycles. The highest BCUT2D eigenvalue weighted by atomic mass is 35.5. The van der Waals surface area contributed by atoms with E-state index in [1.54, 1.807) is 12.1 Å². The smallest absolute Gasteiger partial charge is 0.141 e. The highest BCUT2D eigenvalue weighted by Gasteiger charge is 2.23. The minimum Gasteiger partial charge on any atom is -0.311 e. The summed E-state index contributed by atoms with van der Waals surface area (Å²) in [6.45, 7) is 13.3. The molecule has 0 bridgehead atoms. The van der Waals surface area contributed by atoms with Crippen LogP contribution in [0.2, 0.25) is 5.02 Å². The van der Waals surface area contributed by atoms with E-state index in [2.05, 4.69) is 39.6 Å². The standard InChI is InChI=1S/C16H23ClFN/c1-6-16(5,11-19-15(2,3)4)10-12-7-8-14(18)13(17)9-12/h6-9,19H,1,10-11H2,2-5H3. The van der Waals surface area contributed by atoms with Gasteiger partial charge in [-0.15, -0.1) is 6.58 Å². The maximum atomic E-state index is 13.2. The van der Waals surface area contributed by atoms with Crippen LogP contribution in [-0.4, -0.2) is 12.1 Å². The van der Waals surface area contributed by atoms with E-state index in [1.807, 2.05) is 6.08 Å². The molecule has 1 atom stereocenters. The van der Waals surface area contributed by atoms with E-state index in [4.69, 9.17) is 11.6 Å². The molecule has 19 heavy (non-hydrogen) atoms. The van der Waals surface area contributed by atoms with Gasteiger partial charge in [-0.05, 0) is 44.9 Å². The zero-order valence-corrected chi connectivity index (χ0v) is 12.9. The summed E-state index contributed by atoms with van der Waals surface area (Å²) >= 11 is 5.82. The third-order valence-electron chi connectivity index (χ3n) is 3.11. The monoisotopic (exact) mass is 283 g/mol. The molecule has 0 saturated carbocycles. The van der Waals surface area contributed by atoms with Crippen LogP contribution in [0.1, 0.15) is 33.3 Å². The van der Waals surface area contributed by atoms with Gasteiger partial charge in [-0.2, -0.15) is 0 Å². The zero-order valence-electron chi connectivity index (χ0n) is 12.2. The second-order valence-electron chi connectivity index (χ2n) is 6.39. The Hall–Kier alpha value is -0.860. The Kier molecular flexibility index (Phi) is 5.17. The number of nitrogens with one attached hydrogen (secondary N) is 1. The Bertz CT molecular complexity index is 451. The van der Waals surface area contributed by atoms with Gasteiger partial charge >= 0.3 is 0 Å². The minimum atomic E-state index is -0.376. The van der Waals surface area contributed by atoms with Crippen molar-refractivity contribution in [2.24, 2.45) is 5.41 Å². The molecule has 0 amide bonds. The average molecular weight is 284 g/mol. The van der Waals surface area contributed by atoms with Gasteiger partial charge in [0.15, 0.2) is 0 Å². The summed E-state index contributed by atoms with van der Waals surface area (Å²) in [6.07, 6.45) is 2.72. The lowest BCUT2D eigenvalue weighted by atomic mass is 9.83. The maximum absolute atomic E-state index is 13.2. The summed E-state index contributed by atoms with van der Waals surface area (Å²) in [5, 5.41) is 3.66. The first-order valence-electron chi connectivity index (χ1n) is 6.48. The predicted molar refractivity (Wildman–Crippen MR) is 81.2 cm³/mol. The number of benzene rings is 1. The molecule has 1 unspecified atom stereocenters. The topological polar surface area (TPSA) is 12.0 Å². The molecule has 0 aliphatic rings. The molecule has 0 heterocycles. The fraction of sp³-hybridized carbons (Fsp3) is 0.500. The van der Waals surface area contributed by atoms with Gasteiger partial charge in [0.2, 0.25) is 0 Å². The molecule has 3 heteroatoms. The van der Waals surface area contributed by atoms with Gasteiger partial charge in [-0.3, -0.25) is 0 Å². The van der Waals surface area contributed by atoms with Crippen molar-refractivity contribution >= 4 is 11.6 Å². The van der Waals surface area contributed by atoms with E-state index >= 15 is 0 Å². The minimum absolute atomic E-state index is 0.0602. The summed E-state index contributed by atoms with van der Waals surface area (Å²) in [5.74, 6) is -0.376. The van der Waals surface area contributed by atoms with Crippen molar-refractivity contribution in [3.8, 4) is 0 Å². The first-order valence-corrected chi connectivity index (χ1v) is 6.86. The molecule has 1 N–H and O–H groups in total. The SMILES string of the molecule is C=CC(C)(CNC(C)(C)C)Cc1ccc(F)c(Cl)c1. The van der Waals surface area contributed by atoms with Gasteiger partial charge in [0.25, 0.3) is 0 Å². The predicted octanol–water partition coefficient (Wildman–Crippen LogP) is 4.60. The summed E-state index contributed by atoms with van der Waals surface area (Å²) in [4.78, 5) is 0. The first kappa shape index (κ1) is 16.2. The van der Waals surface area contributed by atoms with Crippen molar-refractivity contribution in [1.82, 2.24) is 5.32 Å². The van der Waals surface area contributed by atoms with Crippen molar-refractivity contribution in [2.75, 3.05) is 6.54 Å². The molecule has 106 valence electrons. The molecular formula is C16H23ClFN. The lowest BCUT2D eigenvalue weighted by Crippen LogP contribution is -2.43. The highest BCUT2D eigenvalue weighted by molar-refractivity contribution is 6.30. The molecule has 1 rings (SSSR count). The van der Waals surface area contributed by atoms with Crippen LogP contribution in [0.3, 0.4) is 0 Å². The van der Waals surface area contributed by atoms with Gasteiger partial charge in [0.05, 0.1) is 5.02 Å². The molecule has 0 aliphatic carbocycles. The van der Waals surface area contributed by atoms with Crippen molar-refractivity contribution in [3.63, 3.8) is 0 Å². The van der Waals surface area contributed by atoms with Crippen LogP contribution >= 0.6 is 11.6 Å². The van der Waals surface area contributed by atoms with E-state index in [-0.39, 0.29) is 21.8 Å². The zero-order chi connectivity index (χ0) is 14.7. The number of hydrogen-bond donors (Lipinski definition) is 1. The van der Waals surface area contributed by atoms with E-state index in [1.165, 1.54) is 6.07 Å². The summed E-state index contributed by atoms with van der Waals surface area (Å²) in [5.41, 5.74) is 0.989. The second-order valence-corrected chi connectivity index (χ2v) is 6.79. The van der Waals surface area contributed by atoms with E-state index in [0.717, 1.165) is 18.5 Å². The van der Waals surface area contributed by atoms with Gasteiger partial charge in [-0.25, -0.2) is 4.39 Å². The van der Waals surface area contributed by atoms with Gasteiger partial charge < -0.3 is 5.32 Å². The molecule has 1 aromatic rings. The quantitative estimate of drug-likeness (QED) is 0.779. The van der Waals surface area contributed by atoms with E-state index in [9.17, 15) is 4.39 Å². The van der Waals surface area contributed by atoms with E-state index in [0.29, 0.717) is 0 Å². The maximum Gasteiger partial charge on any atom is 0.141 e. The third kappa shape index (κ3) is 5.33. The largest absolute Gasteiger partial charge is 0.311 e. The molecule has 0 spiro atoms. The molecule has 0 aromatic heterocycles. The molecule has 0 radical (unpaired) electrons. The van der Waals surface area contributed by atoms with Crippen LogP contribution in [-0.2, 0) is 6.42 Å². The van der Waals surface area contributed by atoms with Crippen LogP contribution < -0.4 is 5.32 Å². The van der Waals surface area contributed by atoms with Crippen LogP contribution in [0.5, 0.6) is 0 Å². The molecule has 1 nitrogen and oxygen atoms in total. The molecular weight excluding hydrogens is 261 g/mol. The van der Waals surface area contributed by atoms with Crippen LogP contribution in [0.4, 0.5) is 4.39 Å². The molecule has 1 aromatic carbocycles. The number of rotatable bonds is 5. The van der Waals surface area contributed by atoms with Gasteiger partial charge in [0.1, 0.15) is 5.82 Å². The number of hydrogen-bond acceptors (Lipinski definition) is 1. The van der Waals surface area contributed by atoms with Crippen molar-refractivity contribution in [2.45, 2.75) is 39.7 Å². The Morgan fingerprint density at radius 3 is 2.42 bits per heavy atom. The van der Waals surface area contributed by atoms with Crippen LogP contribution in [0.15, 0.2) is 30.9 Å². The Morgan fingerprint density at radius 1 is 1.32 bits per heavy atom. The lowest BCUT2D eigenvalue weighted by Gasteiger charge is -2.31. The highest BCUT2D eigenvalue weighted by Crippen LogP contribution is 2.26. The van der Waals surface area contributed by atoms with Crippen molar-refractivity contribution < 1.29 is 4.39 Å². The van der Waals surface area contributed by atoms with Crippen LogP contribution in [0, 0.1) is 11.2 Å². The fourth-order valence-electron chi connectivity index (χ4n) is 1.79. The molecule has 0 saturated heterocycles. The summed E-state index contributed by atoms with van der Waals surface area (Å²) in [7, 11) is 0. The van der Waals surface area contributed by atoms with Crippen molar-refractivity contribution in [3.05, 3.63) is 47.3 Å². The first-order chi connectivity index (χ1) is 8.65. The second kappa shape index (κ2) is 6.06. The lowest BCUT2D eigenvalue weighted by molar-refractivity contribution is 0.322. The summed E-state index contributed by atoms with van der Waals surface area (Å²) < 4.78 is 13.2. The summed E-state index contributed by atoms with van der Waals surface area (Å²) in [6, 6.07) is 4.88. The molecule has 0 fully saturated rings. The Balaban J connectivity index is 2.79. The van der Waals surface area contributed by atoms with Crippen molar-refractivity contribution in [1.29, 1.82) is 0 Å². The average Bonchev–Trinajstić information content (AvgIpc) is 2.31. The number of halogens is 2.